The molecule has 6 unspecified atom stereocenters. The highest BCUT2D eigenvalue weighted by Crippen LogP contribution is 2.80. The van der Waals surface area contributed by atoms with Gasteiger partial charge in [-0.25, -0.2) is 4.79 Å². The molecule has 13 atom stereocenters. The number of carbonyl (C=O) groups excluding carboxylic acids is 2. The Morgan fingerprint density at radius 2 is 1.52 bits per heavy atom. The Bertz CT molecular complexity index is 1720. The number of piperidine rings is 1. The quantitative estimate of drug-likeness (QED) is 0.0612. The van der Waals surface area contributed by atoms with Crippen LogP contribution >= 0.6 is 0 Å². The fourth-order valence-corrected chi connectivity index (χ4v) is 14.5. The number of nitrogens with zero attached hydrogens (tertiary/aromatic N) is 1. The van der Waals surface area contributed by atoms with Gasteiger partial charge in [-0.15, -0.1) is 0 Å². The van der Waals surface area contributed by atoms with Gasteiger partial charge in [0.15, 0.2) is 0 Å². The summed E-state index contributed by atoms with van der Waals surface area (Å²) < 4.78 is 44.9. The molecule has 11 heteroatoms. The number of benzene rings is 1. The van der Waals surface area contributed by atoms with Gasteiger partial charge in [0.1, 0.15) is 23.1 Å². The summed E-state index contributed by atoms with van der Waals surface area (Å²) in [7, 11) is 8.58. The van der Waals surface area contributed by atoms with Gasteiger partial charge in [-0.05, 0) is 94.5 Å². The van der Waals surface area contributed by atoms with E-state index in [-0.39, 0.29) is 60.2 Å². The zero-order valence-electron chi connectivity index (χ0n) is 38.8. The summed E-state index contributed by atoms with van der Waals surface area (Å²) in [6.45, 7) is 6.63. The van der Waals surface area contributed by atoms with E-state index in [4.69, 9.17) is 33.2 Å². The zero-order chi connectivity index (χ0) is 44.1. The van der Waals surface area contributed by atoms with Crippen LogP contribution in [0.2, 0.25) is 0 Å². The first-order chi connectivity index (χ1) is 30.1. The van der Waals surface area contributed by atoms with E-state index in [9.17, 15) is 14.7 Å². The molecule has 6 aliphatic rings. The lowest BCUT2D eigenvalue weighted by Gasteiger charge is -2.69. The van der Waals surface area contributed by atoms with Gasteiger partial charge >= 0.3 is 11.9 Å². The van der Waals surface area contributed by atoms with Crippen LogP contribution in [0.15, 0.2) is 48.6 Å². The van der Waals surface area contributed by atoms with Crippen LogP contribution in [0.4, 0.5) is 0 Å². The van der Waals surface area contributed by atoms with Gasteiger partial charge in [0, 0.05) is 82.5 Å². The van der Waals surface area contributed by atoms with E-state index < -0.39 is 40.7 Å². The average molecular weight is 864 g/mol. The molecule has 7 rings (SSSR count). The first-order valence-corrected chi connectivity index (χ1v) is 24.0. The van der Waals surface area contributed by atoms with Crippen LogP contribution in [-0.2, 0) is 33.2 Å². The van der Waals surface area contributed by atoms with E-state index in [1.165, 1.54) is 25.7 Å². The lowest BCUT2D eigenvalue weighted by atomic mass is 9.43. The Morgan fingerprint density at radius 1 is 0.823 bits per heavy atom. The number of esters is 2. The van der Waals surface area contributed by atoms with E-state index in [1.54, 1.807) is 52.7 Å². The van der Waals surface area contributed by atoms with Crippen LogP contribution < -0.4 is 4.74 Å². The topological polar surface area (TPSA) is 122 Å². The molecule has 62 heavy (non-hydrogen) atoms. The number of ether oxygens (including phenoxy) is 7. The van der Waals surface area contributed by atoms with Crippen LogP contribution in [0.25, 0.3) is 0 Å². The maximum Gasteiger partial charge on any atom is 0.338 e. The molecule has 1 spiro atoms. The molecule has 0 radical (unpaired) electrons. The van der Waals surface area contributed by atoms with Gasteiger partial charge in [0.25, 0.3) is 0 Å². The summed E-state index contributed by atoms with van der Waals surface area (Å²) in [4.78, 5) is 31.4. The Labute approximate surface area is 371 Å². The molecule has 1 aromatic rings. The van der Waals surface area contributed by atoms with Crippen molar-refractivity contribution in [1.82, 2.24) is 4.90 Å². The van der Waals surface area contributed by atoms with E-state index in [0.717, 1.165) is 70.9 Å². The molecular weight excluding hydrogens is 787 g/mol. The number of aliphatic hydroxyl groups is 1. The molecule has 11 nitrogen and oxygen atoms in total. The number of hydrogen-bond donors (Lipinski definition) is 1. The second-order valence-electron chi connectivity index (χ2n) is 19.5. The highest BCUT2D eigenvalue weighted by molar-refractivity contribution is 5.89. The first kappa shape index (κ1) is 47.2. The highest BCUT2D eigenvalue weighted by Gasteiger charge is 2.90. The SMILES string of the molecule is CCCCC/C=C\C/C=C\CCCCCCCC(=O)O[C@]12C[C@H](OC)[C@@]3(O)CC(C1C3OC(=O)c1ccc(OC)cc1)[C@@]13C4[C@@H]2C(OC)C1[C@@](COC)(CC[C@@H]3OC)CN4CC. The van der Waals surface area contributed by atoms with Crippen molar-refractivity contribution in [2.45, 2.75) is 158 Å². The average Bonchev–Trinajstić information content (AvgIpc) is 3.66. The molecule has 1 saturated heterocycles. The highest BCUT2D eigenvalue weighted by atomic mass is 16.6. The second-order valence-corrected chi connectivity index (χ2v) is 19.5. The molecule has 5 aliphatic carbocycles. The van der Waals surface area contributed by atoms with Crippen LogP contribution in [0, 0.1) is 34.5 Å². The lowest BCUT2D eigenvalue weighted by molar-refractivity contribution is -0.287. The van der Waals surface area contributed by atoms with E-state index in [2.05, 4.69) is 43.1 Å². The number of methoxy groups -OCH3 is 5. The predicted octanol–water partition coefficient (Wildman–Crippen LogP) is 8.51. The van der Waals surface area contributed by atoms with Crippen molar-refractivity contribution in [1.29, 1.82) is 0 Å². The molecule has 1 aromatic carbocycles. The maximum atomic E-state index is 14.6. The minimum atomic E-state index is -1.53. The van der Waals surface area contributed by atoms with Gasteiger partial charge in [0.2, 0.25) is 0 Å². The number of rotatable bonds is 24. The van der Waals surface area contributed by atoms with Crippen molar-refractivity contribution in [3.63, 3.8) is 0 Å². The normalized spacial score (nSPS) is 37.9. The standard InChI is InChI=1S/C51H77NO10/c1-8-10-11-12-13-14-15-16-17-18-19-20-21-22-23-24-40(53)62-50-32-39(59-6)49(55)31-37(41(50)46(49)61-47(54)35-25-27-36(57-4)28-26-35)51-38(58-5)29-30-48(34-56-3)33-52(9-2)45(51)42(50)43(60-7)44(48)51/h13-14,16-17,25-28,37-39,41-46,55H,8-12,15,18-24,29-34H2,1-7H3/b14-13-,17-16-/t37?,38-,39-,41?,42-,43?,44?,45?,46?,48-,49-,50+,51-/m0/s1. The van der Waals surface area contributed by atoms with Crippen LogP contribution in [0.5, 0.6) is 5.75 Å². The number of unbranched alkanes of at least 4 members (excludes halogenated alkanes) is 8. The number of fused-ring (bicyclic) bond motifs is 2. The number of likely N-dealkylation sites (tertiary alicyclic amines) is 1. The molecule has 0 amide bonds. The second kappa shape index (κ2) is 20.2. The molecule has 7 bridgehead atoms. The Balaban J connectivity index is 1.17. The monoisotopic (exact) mass is 864 g/mol. The molecule has 0 aromatic heterocycles. The van der Waals surface area contributed by atoms with Crippen molar-refractivity contribution < 1.29 is 47.9 Å². The van der Waals surface area contributed by atoms with E-state index in [0.29, 0.717) is 24.3 Å². The van der Waals surface area contributed by atoms with Crippen molar-refractivity contribution in [3.8, 4) is 5.75 Å². The van der Waals surface area contributed by atoms with Crippen molar-refractivity contribution in [3.05, 3.63) is 54.1 Å². The third kappa shape index (κ3) is 8.01. The molecule has 5 saturated carbocycles. The lowest BCUT2D eigenvalue weighted by Crippen LogP contribution is -2.77. The number of hydrogen-bond acceptors (Lipinski definition) is 11. The van der Waals surface area contributed by atoms with Gasteiger partial charge in [-0.1, -0.05) is 70.3 Å². The molecule has 346 valence electrons. The fourth-order valence-electron chi connectivity index (χ4n) is 14.5. The van der Waals surface area contributed by atoms with Gasteiger partial charge in [0.05, 0.1) is 37.6 Å². The largest absolute Gasteiger partial charge is 0.497 e. The Kier molecular flexibility index (Phi) is 15.3. The number of allylic oxidation sites excluding steroid dienone is 4. The summed E-state index contributed by atoms with van der Waals surface area (Å²) in [6.07, 6.45) is 21.6. The number of carbonyl (C=O) groups is 2. The summed E-state index contributed by atoms with van der Waals surface area (Å²) in [5, 5.41) is 13.1. The van der Waals surface area contributed by atoms with Crippen LogP contribution in [0.3, 0.4) is 0 Å². The van der Waals surface area contributed by atoms with Crippen molar-refractivity contribution >= 4 is 11.9 Å². The summed E-state index contributed by atoms with van der Waals surface area (Å²) in [6, 6.07) is 6.75. The zero-order valence-corrected chi connectivity index (χ0v) is 38.8. The van der Waals surface area contributed by atoms with Crippen molar-refractivity contribution in [2.75, 3.05) is 55.2 Å². The van der Waals surface area contributed by atoms with Crippen LogP contribution in [-0.4, -0.2) is 119 Å². The fraction of sp³-hybridized carbons (Fsp3) is 0.765. The Morgan fingerprint density at radius 3 is 2.16 bits per heavy atom. The van der Waals surface area contributed by atoms with Crippen LogP contribution in [0.1, 0.15) is 127 Å². The van der Waals surface area contributed by atoms with Crippen molar-refractivity contribution in [2.24, 2.45) is 34.5 Å². The summed E-state index contributed by atoms with van der Waals surface area (Å²) in [5.41, 5.74) is -3.11. The van der Waals surface area contributed by atoms with E-state index in [1.807, 2.05) is 7.11 Å². The minimum absolute atomic E-state index is 0.00855. The third-order valence-corrected chi connectivity index (χ3v) is 16.6. The molecule has 1 aliphatic heterocycles. The first-order valence-electron chi connectivity index (χ1n) is 24.0. The third-order valence-electron chi connectivity index (χ3n) is 16.6. The molecular formula is C51H77NO10. The van der Waals surface area contributed by atoms with E-state index >= 15 is 0 Å². The Hall–Kier alpha value is -2.80. The maximum absolute atomic E-state index is 14.6. The molecule has 6 fully saturated rings. The molecule has 1 heterocycles. The summed E-state index contributed by atoms with van der Waals surface area (Å²) in [5.74, 6) is -1.25. The summed E-state index contributed by atoms with van der Waals surface area (Å²) >= 11 is 0. The minimum Gasteiger partial charge on any atom is -0.497 e. The smallest absolute Gasteiger partial charge is 0.338 e. The van der Waals surface area contributed by atoms with Gasteiger partial charge in [-0.3, -0.25) is 9.69 Å². The predicted molar refractivity (Wildman–Crippen MR) is 238 cm³/mol. The molecule has 1 N–H and O–H groups in total. The van der Waals surface area contributed by atoms with Gasteiger partial charge in [-0.2, -0.15) is 0 Å². The van der Waals surface area contributed by atoms with Gasteiger partial charge < -0.3 is 38.3 Å².